The van der Waals surface area contributed by atoms with Crippen LogP contribution in [0.1, 0.15) is 38.0 Å². The van der Waals surface area contributed by atoms with E-state index in [0.29, 0.717) is 12.1 Å². The van der Waals surface area contributed by atoms with Crippen LogP contribution in [-0.2, 0) is 11.2 Å². The van der Waals surface area contributed by atoms with Crippen molar-refractivity contribution in [3.05, 3.63) is 30.2 Å². The molecular weight excluding hydrogens is 264 g/mol. The molecule has 0 spiro atoms. The normalized spacial score (nSPS) is 20.7. The van der Waals surface area contributed by atoms with Gasteiger partial charge in [-0.1, -0.05) is 12.1 Å². The van der Waals surface area contributed by atoms with Crippen LogP contribution in [0.15, 0.2) is 28.7 Å². The average molecular weight is 288 g/mol. The van der Waals surface area contributed by atoms with Gasteiger partial charge in [-0.25, -0.2) is 4.98 Å². The van der Waals surface area contributed by atoms with E-state index >= 15 is 0 Å². The Hall–Kier alpha value is -1.39. The summed E-state index contributed by atoms with van der Waals surface area (Å²) in [5.74, 6) is 0.820. The first-order chi connectivity index (χ1) is 10.3. The fourth-order valence-corrected chi connectivity index (χ4v) is 2.99. The van der Waals surface area contributed by atoms with Crippen molar-refractivity contribution in [2.75, 3.05) is 13.7 Å². The third kappa shape index (κ3) is 3.83. The lowest BCUT2D eigenvalue weighted by Crippen LogP contribution is -2.30. The summed E-state index contributed by atoms with van der Waals surface area (Å²) in [6, 6.07) is 8.32. The number of nitrogens with zero attached hydrogens (tertiary/aromatic N) is 1. The van der Waals surface area contributed by atoms with Crippen molar-refractivity contribution in [2.24, 2.45) is 0 Å². The van der Waals surface area contributed by atoms with E-state index in [1.54, 1.807) is 0 Å². The van der Waals surface area contributed by atoms with Crippen LogP contribution >= 0.6 is 0 Å². The fourth-order valence-electron chi connectivity index (χ4n) is 2.99. The summed E-state index contributed by atoms with van der Waals surface area (Å²) in [7, 11) is 2.01. The molecule has 4 nitrogen and oxygen atoms in total. The predicted molar refractivity (Wildman–Crippen MR) is 83.4 cm³/mol. The molecule has 1 N–H and O–H groups in total. The number of hydrogen-bond donors (Lipinski definition) is 1. The molecule has 21 heavy (non-hydrogen) atoms. The van der Waals surface area contributed by atoms with Crippen molar-refractivity contribution in [1.82, 2.24) is 10.3 Å². The van der Waals surface area contributed by atoms with Gasteiger partial charge >= 0.3 is 0 Å². The van der Waals surface area contributed by atoms with Gasteiger partial charge in [0.15, 0.2) is 11.5 Å². The van der Waals surface area contributed by atoms with E-state index in [1.165, 1.54) is 19.3 Å². The summed E-state index contributed by atoms with van der Waals surface area (Å²) in [4.78, 5) is 4.56. The minimum Gasteiger partial charge on any atom is -0.441 e. The van der Waals surface area contributed by atoms with E-state index in [0.717, 1.165) is 42.9 Å². The number of rotatable bonds is 6. The van der Waals surface area contributed by atoms with E-state index < -0.39 is 0 Å². The molecule has 2 atom stereocenters. The second kappa shape index (κ2) is 7.05. The molecule has 1 aromatic heterocycles. The van der Waals surface area contributed by atoms with Gasteiger partial charge in [-0.15, -0.1) is 0 Å². The molecule has 1 aliphatic rings. The summed E-state index contributed by atoms with van der Waals surface area (Å²) >= 11 is 0. The largest absolute Gasteiger partial charge is 0.441 e. The first-order valence-electron chi connectivity index (χ1n) is 7.98. The maximum atomic E-state index is 5.81. The van der Waals surface area contributed by atoms with Gasteiger partial charge in [-0.3, -0.25) is 0 Å². The standard InChI is InChI=1S/C17H24N2O2/c1-18-13(9-10-14-6-4-5-11-20-14)12-17-19-15-7-2-3-8-16(15)21-17/h2-3,7-8,13-14,18H,4-6,9-12H2,1H3. The van der Waals surface area contributed by atoms with Crippen LogP contribution < -0.4 is 5.32 Å². The minimum atomic E-state index is 0.392. The zero-order chi connectivity index (χ0) is 14.5. The summed E-state index contributed by atoms with van der Waals surface area (Å²) in [6.45, 7) is 0.931. The molecule has 0 saturated carbocycles. The zero-order valence-corrected chi connectivity index (χ0v) is 12.7. The molecule has 0 bridgehead atoms. The second-order valence-corrected chi connectivity index (χ2v) is 5.83. The molecule has 2 heterocycles. The molecule has 2 aromatic rings. The number of fused-ring (bicyclic) bond motifs is 1. The van der Waals surface area contributed by atoms with E-state index in [2.05, 4.69) is 10.3 Å². The van der Waals surface area contributed by atoms with Gasteiger partial charge in [0, 0.05) is 19.1 Å². The van der Waals surface area contributed by atoms with Gasteiger partial charge in [-0.05, 0) is 51.3 Å². The molecule has 0 aliphatic carbocycles. The SMILES string of the molecule is CNC(CCC1CCCCO1)Cc1nc2ccccc2o1. The van der Waals surface area contributed by atoms with Gasteiger partial charge in [0.1, 0.15) is 5.52 Å². The molecule has 0 amide bonds. The third-order valence-electron chi connectivity index (χ3n) is 4.28. The van der Waals surface area contributed by atoms with Crippen LogP contribution in [0.25, 0.3) is 11.1 Å². The van der Waals surface area contributed by atoms with Crippen LogP contribution in [-0.4, -0.2) is 30.8 Å². The lowest BCUT2D eigenvalue weighted by molar-refractivity contribution is 0.00861. The van der Waals surface area contributed by atoms with Crippen molar-refractivity contribution in [3.63, 3.8) is 0 Å². The van der Waals surface area contributed by atoms with Crippen LogP contribution in [0.3, 0.4) is 0 Å². The molecule has 1 saturated heterocycles. The lowest BCUT2D eigenvalue weighted by Gasteiger charge is -2.24. The van der Waals surface area contributed by atoms with E-state index in [9.17, 15) is 0 Å². The van der Waals surface area contributed by atoms with Gasteiger partial charge < -0.3 is 14.5 Å². The van der Waals surface area contributed by atoms with E-state index in [4.69, 9.17) is 9.15 Å². The molecule has 1 fully saturated rings. The Kier molecular flexibility index (Phi) is 4.88. The van der Waals surface area contributed by atoms with Crippen molar-refractivity contribution in [3.8, 4) is 0 Å². The predicted octanol–water partition coefficient (Wildman–Crippen LogP) is 3.31. The van der Waals surface area contributed by atoms with Crippen molar-refractivity contribution < 1.29 is 9.15 Å². The Morgan fingerprint density at radius 1 is 1.33 bits per heavy atom. The average Bonchev–Trinajstić information content (AvgIpc) is 2.94. The summed E-state index contributed by atoms with van der Waals surface area (Å²) in [6.07, 6.45) is 7.22. The van der Waals surface area contributed by atoms with Crippen LogP contribution in [0.4, 0.5) is 0 Å². The number of likely N-dealkylation sites (N-methyl/N-ethyl adjacent to an activating group) is 1. The van der Waals surface area contributed by atoms with E-state index in [-0.39, 0.29) is 0 Å². The molecule has 1 aliphatic heterocycles. The van der Waals surface area contributed by atoms with Crippen LogP contribution in [0.5, 0.6) is 0 Å². The monoisotopic (exact) mass is 288 g/mol. The molecule has 1 aromatic carbocycles. The summed E-state index contributed by atoms with van der Waals surface area (Å²) in [5, 5.41) is 3.38. The quantitative estimate of drug-likeness (QED) is 0.886. The van der Waals surface area contributed by atoms with Crippen LogP contribution in [0, 0.1) is 0 Å². The minimum absolute atomic E-state index is 0.392. The third-order valence-corrected chi connectivity index (χ3v) is 4.28. The number of hydrogen-bond acceptors (Lipinski definition) is 4. The Bertz CT molecular complexity index is 528. The van der Waals surface area contributed by atoms with Crippen molar-refractivity contribution in [1.29, 1.82) is 0 Å². The number of aromatic nitrogens is 1. The summed E-state index contributed by atoms with van der Waals surface area (Å²) in [5.41, 5.74) is 1.82. The van der Waals surface area contributed by atoms with Crippen molar-refractivity contribution in [2.45, 2.75) is 50.7 Å². The van der Waals surface area contributed by atoms with Gasteiger partial charge in [0.2, 0.25) is 0 Å². The Balaban J connectivity index is 1.55. The molecular formula is C17H24N2O2. The lowest BCUT2D eigenvalue weighted by atomic mass is 10.0. The molecule has 0 radical (unpaired) electrons. The Morgan fingerprint density at radius 3 is 3.00 bits per heavy atom. The molecule has 2 unspecified atom stereocenters. The van der Waals surface area contributed by atoms with Gasteiger partial charge in [-0.2, -0.15) is 0 Å². The topological polar surface area (TPSA) is 47.3 Å². The summed E-state index contributed by atoms with van der Waals surface area (Å²) < 4.78 is 11.6. The zero-order valence-electron chi connectivity index (χ0n) is 12.7. The number of oxazole rings is 1. The maximum Gasteiger partial charge on any atom is 0.197 e. The van der Waals surface area contributed by atoms with Gasteiger partial charge in [0.05, 0.1) is 6.10 Å². The Labute approximate surface area is 125 Å². The number of para-hydroxylation sites is 2. The fraction of sp³-hybridized carbons (Fsp3) is 0.588. The highest BCUT2D eigenvalue weighted by atomic mass is 16.5. The molecule has 114 valence electrons. The number of benzene rings is 1. The second-order valence-electron chi connectivity index (χ2n) is 5.83. The molecule has 3 rings (SSSR count). The first-order valence-corrected chi connectivity index (χ1v) is 7.98. The molecule has 4 heteroatoms. The van der Waals surface area contributed by atoms with Crippen molar-refractivity contribution >= 4 is 11.1 Å². The highest BCUT2D eigenvalue weighted by Gasteiger charge is 2.18. The van der Waals surface area contributed by atoms with Crippen LogP contribution in [0.2, 0.25) is 0 Å². The number of ether oxygens (including phenoxy) is 1. The Morgan fingerprint density at radius 2 is 2.24 bits per heavy atom. The van der Waals surface area contributed by atoms with E-state index in [1.807, 2.05) is 31.3 Å². The maximum absolute atomic E-state index is 5.81. The highest BCUT2D eigenvalue weighted by Crippen LogP contribution is 2.20. The smallest absolute Gasteiger partial charge is 0.197 e. The number of nitrogens with one attached hydrogen (secondary N) is 1. The highest BCUT2D eigenvalue weighted by molar-refractivity contribution is 5.72. The first kappa shape index (κ1) is 14.5. The van der Waals surface area contributed by atoms with Gasteiger partial charge in [0.25, 0.3) is 0 Å².